The fraction of sp³-hybridized carbons (Fsp3) is 0.188. The normalized spacial score (nSPS) is 10.6. The summed E-state index contributed by atoms with van der Waals surface area (Å²) in [6, 6.07) is 7.44. The number of carbonyl (C=O) groups is 1. The van der Waals surface area contributed by atoms with Crippen LogP contribution in [0.15, 0.2) is 48.2 Å². The molecule has 0 aliphatic carbocycles. The van der Waals surface area contributed by atoms with Crippen LogP contribution < -0.4 is 0 Å². The van der Waals surface area contributed by atoms with Gasteiger partial charge in [0.05, 0.1) is 24.1 Å². The zero-order valence-electron chi connectivity index (χ0n) is 12.1. The van der Waals surface area contributed by atoms with Crippen LogP contribution in [-0.4, -0.2) is 27.6 Å². The smallest absolute Gasteiger partial charge is 0.337 e. The third-order valence-corrected chi connectivity index (χ3v) is 4.08. The number of hydrogen-bond acceptors (Lipinski definition) is 5. The maximum Gasteiger partial charge on any atom is 0.337 e. The number of nitrogens with zero attached hydrogens (tertiary/aromatic N) is 3. The third kappa shape index (κ3) is 3.23. The number of aromatic nitrogens is 3. The van der Waals surface area contributed by atoms with Crippen molar-refractivity contribution in [2.45, 2.75) is 13.0 Å². The minimum Gasteiger partial charge on any atom is -0.465 e. The van der Waals surface area contributed by atoms with Gasteiger partial charge < -0.3 is 9.30 Å². The lowest BCUT2D eigenvalue weighted by molar-refractivity contribution is 0.0600. The molecule has 6 heteroatoms. The molecule has 0 atom stereocenters. The Kier molecular flexibility index (Phi) is 4.29. The molecule has 0 fully saturated rings. The average molecular weight is 313 g/mol. The van der Waals surface area contributed by atoms with Crippen LogP contribution in [0.2, 0.25) is 0 Å². The van der Waals surface area contributed by atoms with Gasteiger partial charge in [-0.25, -0.2) is 14.8 Å². The summed E-state index contributed by atoms with van der Waals surface area (Å²) in [4.78, 5) is 20.3. The van der Waals surface area contributed by atoms with E-state index in [9.17, 15) is 4.79 Å². The number of imidazole rings is 1. The average Bonchev–Trinajstić information content (AvgIpc) is 3.20. The van der Waals surface area contributed by atoms with Gasteiger partial charge in [-0.05, 0) is 17.7 Å². The van der Waals surface area contributed by atoms with E-state index in [1.54, 1.807) is 29.8 Å². The van der Waals surface area contributed by atoms with Crippen LogP contribution in [0.25, 0.3) is 0 Å². The Morgan fingerprint density at radius 1 is 1.32 bits per heavy atom. The Morgan fingerprint density at radius 3 is 3.00 bits per heavy atom. The molecule has 0 N–H and O–H groups in total. The first-order chi connectivity index (χ1) is 10.8. The second kappa shape index (κ2) is 6.53. The molecule has 0 saturated carbocycles. The van der Waals surface area contributed by atoms with E-state index in [4.69, 9.17) is 4.74 Å². The molecule has 2 aromatic heterocycles. The van der Waals surface area contributed by atoms with Gasteiger partial charge in [0.2, 0.25) is 0 Å². The van der Waals surface area contributed by atoms with Crippen molar-refractivity contribution >= 4 is 17.3 Å². The summed E-state index contributed by atoms with van der Waals surface area (Å²) < 4.78 is 6.82. The van der Waals surface area contributed by atoms with Gasteiger partial charge in [0.1, 0.15) is 5.82 Å². The number of rotatable bonds is 5. The molecule has 3 aromatic rings. The summed E-state index contributed by atoms with van der Waals surface area (Å²) in [5.74, 6) is 0.633. The van der Waals surface area contributed by atoms with Crippen molar-refractivity contribution in [3.05, 3.63) is 70.2 Å². The first kappa shape index (κ1) is 14.5. The molecule has 0 saturated heterocycles. The van der Waals surface area contributed by atoms with E-state index in [-0.39, 0.29) is 5.97 Å². The molecule has 0 aliphatic rings. The van der Waals surface area contributed by atoms with Crippen LogP contribution >= 0.6 is 11.3 Å². The van der Waals surface area contributed by atoms with Gasteiger partial charge in [-0.1, -0.05) is 12.1 Å². The van der Waals surface area contributed by atoms with Gasteiger partial charge >= 0.3 is 5.97 Å². The molecule has 0 spiro atoms. The maximum atomic E-state index is 11.6. The molecule has 3 rings (SSSR count). The summed E-state index contributed by atoms with van der Waals surface area (Å²) in [6.45, 7) is 0.658. The second-order valence-electron chi connectivity index (χ2n) is 4.77. The highest BCUT2D eigenvalue weighted by atomic mass is 32.1. The zero-order valence-corrected chi connectivity index (χ0v) is 12.9. The van der Waals surface area contributed by atoms with Crippen molar-refractivity contribution in [3.8, 4) is 0 Å². The SMILES string of the molecule is COC(=O)c1cccc(Cn2ccnc2Cc2nccs2)c1. The van der Waals surface area contributed by atoms with Gasteiger partial charge in [-0.2, -0.15) is 0 Å². The van der Waals surface area contributed by atoms with E-state index in [0.717, 1.165) is 16.4 Å². The zero-order chi connectivity index (χ0) is 15.4. The highest BCUT2D eigenvalue weighted by Crippen LogP contribution is 2.13. The van der Waals surface area contributed by atoms with Crippen molar-refractivity contribution in [2.75, 3.05) is 7.11 Å². The van der Waals surface area contributed by atoms with Gasteiger partial charge in [-0.3, -0.25) is 0 Å². The number of thiazole rings is 1. The number of benzene rings is 1. The molecule has 2 heterocycles. The number of esters is 1. The number of ether oxygens (including phenoxy) is 1. The van der Waals surface area contributed by atoms with E-state index in [1.165, 1.54) is 7.11 Å². The molecule has 112 valence electrons. The Hall–Kier alpha value is -2.47. The number of methoxy groups -OCH3 is 1. The molecule has 0 aliphatic heterocycles. The quantitative estimate of drug-likeness (QED) is 0.680. The molecule has 0 radical (unpaired) electrons. The fourth-order valence-corrected chi connectivity index (χ4v) is 2.85. The summed E-state index contributed by atoms with van der Waals surface area (Å²) >= 11 is 1.62. The number of carbonyl (C=O) groups excluding carboxylic acids is 1. The van der Waals surface area contributed by atoms with Crippen LogP contribution in [-0.2, 0) is 17.7 Å². The lowest BCUT2D eigenvalue weighted by Crippen LogP contribution is -2.07. The predicted molar refractivity (Wildman–Crippen MR) is 84.0 cm³/mol. The van der Waals surface area contributed by atoms with Gasteiger partial charge in [-0.15, -0.1) is 11.3 Å². The van der Waals surface area contributed by atoms with Crippen LogP contribution in [0.3, 0.4) is 0 Å². The summed E-state index contributed by atoms with van der Waals surface area (Å²) in [7, 11) is 1.39. The fourth-order valence-electron chi connectivity index (χ4n) is 2.24. The Labute approximate surface area is 132 Å². The largest absolute Gasteiger partial charge is 0.465 e. The van der Waals surface area contributed by atoms with E-state index < -0.39 is 0 Å². The number of hydrogen-bond donors (Lipinski definition) is 0. The lowest BCUT2D eigenvalue weighted by atomic mass is 10.1. The molecular formula is C16H15N3O2S. The van der Waals surface area contributed by atoms with Crippen LogP contribution in [0.5, 0.6) is 0 Å². The Morgan fingerprint density at radius 2 is 2.23 bits per heavy atom. The van der Waals surface area contributed by atoms with Crippen LogP contribution in [0, 0.1) is 0 Å². The highest BCUT2D eigenvalue weighted by molar-refractivity contribution is 7.09. The van der Waals surface area contributed by atoms with E-state index in [0.29, 0.717) is 18.5 Å². The van der Waals surface area contributed by atoms with Crippen molar-refractivity contribution in [2.24, 2.45) is 0 Å². The first-order valence-electron chi connectivity index (χ1n) is 6.82. The topological polar surface area (TPSA) is 57.0 Å². The minimum atomic E-state index is -0.324. The third-order valence-electron chi connectivity index (χ3n) is 3.30. The summed E-state index contributed by atoms with van der Waals surface area (Å²) in [5, 5.41) is 3.00. The van der Waals surface area contributed by atoms with Crippen molar-refractivity contribution < 1.29 is 9.53 Å². The second-order valence-corrected chi connectivity index (χ2v) is 5.75. The molecule has 5 nitrogen and oxygen atoms in total. The molecule has 0 amide bonds. The first-order valence-corrected chi connectivity index (χ1v) is 7.70. The van der Waals surface area contributed by atoms with Crippen molar-refractivity contribution in [1.82, 2.24) is 14.5 Å². The monoisotopic (exact) mass is 313 g/mol. The standard InChI is InChI=1S/C16H15N3O2S/c1-21-16(20)13-4-2-3-12(9-13)11-19-7-5-17-14(19)10-15-18-6-8-22-15/h2-9H,10-11H2,1H3. The predicted octanol–water partition coefficient (Wildman–Crippen LogP) is 2.77. The Balaban J connectivity index is 1.79. The molecule has 0 unspecified atom stereocenters. The van der Waals surface area contributed by atoms with Gasteiger partial charge in [0, 0.05) is 30.5 Å². The summed E-state index contributed by atoms with van der Waals surface area (Å²) in [5.41, 5.74) is 1.59. The van der Waals surface area contributed by atoms with Crippen LogP contribution in [0.1, 0.15) is 26.8 Å². The minimum absolute atomic E-state index is 0.324. The van der Waals surface area contributed by atoms with Gasteiger partial charge in [0.15, 0.2) is 0 Å². The lowest BCUT2D eigenvalue weighted by Gasteiger charge is -2.08. The van der Waals surface area contributed by atoms with Gasteiger partial charge in [0.25, 0.3) is 0 Å². The molecule has 22 heavy (non-hydrogen) atoms. The Bertz CT molecular complexity index is 765. The maximum absolute atomic E-state index is 11.6. The van der Waals surface area contributed by atoms with Crippen molar-refractivity contribution in [1.29, 1.82) is 0 Å². The van der Waals surface area contributed by atoms with Crippen LogP contribution in [0.4, 0.5) is 0 Å². The van der Waals surface area contributed by atoms with E-state index >= 15 is 0 Å². The molecule has 1 aromatic carbocycles. The van der Waals surface area contributed by atoms with E-state index in [2.05, 4.69) is 14.5 Å². The van der Waals surface area contributed by atoms with E-state index in [1.807, 2.05) is 29.8 Å². The summed E-state index contributed by atoms with van der Waals surface area (Å²) in [6.07, 6.45) is 6.23. The van der Waals surface area contributed by atoms with Crippen molar-refractivity contribution in [3.63, 3.8) is 0 Å². The molecule has 0 bridgehead atoms. The highest BCUT2D eigenvalue weighted by Gasteiger charge is 2.09. The molecular weight excluding hydrogens is 298 g/mol.